The summed E-state index contributed by atoms with van der Waals surface area (Å²) in [4.78, 5) is 0. The molecule has 0 amide bonds. The van der Waals surface area contributed by atoms with Gasteiger partial charge in [-0.15, -0.1) is 0 Å². The van der Waals surface area contributed by atoms with Gasteiger partial charge in [-0.05, 0) is 40.8 Å². The van der Waals surface area contributed by atoms with Crippen molar-refractivity contribution in [1.82, 2.24) is 0 Å². The van der Waals surface area contributed by atoms with Crippen molar-refractivity contribution in [3.05, 3.63) is 27.8 Å². The van der Waals surface area contributed by atoms with Gasteiger partial charge in [-0.2, -0.15) is 10.2 Å². The Labute approximate surface area is 73.5 Å². The molecule has 1 rings (SSSR count). The van der Waals surface area contributed by atoms with Crippen molar-refractivity contribution in [1.29, 1.82) is 0 Å². The average Bonchev–Trinajstić information content (AvgIpc) is 1.88. The van der Waals surface area contributed by atoms with Crippen molar-refractivity contribution < 1.29 is 0 Å². The van der Waals surface area contributed by atoms with Crippen LogP contribution in [-0.2, 0) is 0 Å². The van der Waals surface area contributed by atoms with E-state index in [-0.39, 0.29) is 0 Å². The number of nitrogens with zero attached hydrogens (tertiary/aromatic N) is 2. The zero-order valence-electron chi connectivity index (χ0n) is 5.58. The van der Waals surface area contributed by atoms with Crippen molar-refractivity contribution in [3.63, 3.8) is 0 Å². The van der Waals surface area contributed by atoms with E-state index >= 15 is 0 Å². The second-order valence-corrected chi connectivity index (χ2v) is 3.03. The van der Waals surface area contributed by atoms with Gasteiger partial charge in [-0.25, -0.2) is 0 Å². The van der Waals surface area contributed by atoms with E-state index in [0.29, 0.717) is 0 Å². The van der Waals surface area contributed by atoms with Gasteiger partial charge in [0, 0.05) is 10.6 Å². The molecule has 1 aromatic carbocycles. The van der Waals surface area contributed by atoms with Crippen molar-refractivity contribution in [2.75, 3.05) is 7.05 Å². The van der Waals surface area contributed by atoms with Gasteiger partial charge >= 0.3 is 0 Å². The monoisotopic (exact) mass is 246 g/mol. The van der Waals surface area contributed by atoms with Crippen molar-refractivity contribution >= 4 is 28.3 Å². The molecule has 0 fully saturated rings. The highest BCUT2D eigenvalue weighted by molar-refractivity contribution is 14.1. The van der Waals surface area contributed by atoms with E-state index in [1.54, 1.807) is 7.05 Å². The fraction of sp³-hybridized carbons (Fsp3) is 0.143. The number of halogens is 1. The zero-order chi connectivity index (χ0) is 7.40. The summed E-state index contributed by atoms with van der Waals surface area (Å²) in [5.74, 6) is 0. The highest BCUT2D eigenvalue weighted by Gasteiger charge is 1.87. The van der Waals surface area contributed by atoms with E-state index in [9.17, 15) is 0 Å². The maximum Gasteiger partial charge on any atom is 0.0862 e. The van der Waals surface area contributed by atoms with Gasteiger partial charge in [0.15, 0.2) is 0 Å². The summed E-state index contributed by atoms with van der Waals surface area (Å²) >= 11 is 2.24. The Morgan fingerprint density at radius 2 is 2.20 bits per heavy atom. The predicted octanol–water partition coefficient (Wildman–Crippen LogP) is 3.00. The average molecular weight is 246 g/mol. The first-order chi connectivity index (χ1) is 4.83. The lowest BCUT2D eigenvalue weighted by Crippen LogP contribution is -1.66. The molecule has 0 saturated heterocycles. The normalized spacial score (nSPS) is 10.6. The highest BCUT2D eigenvalue weighted by atomic mass is 127. The molecule has 52 valence electrons. The Bertz CT molecular complexity index is 245. The van der Waals surface area contributed by atoms with Gasteiger partial charge in [-0.3, -0.25) is 0 Å². The summed E-state index contributed by atoms with van der Waals surface area (Å²) in [6.45, 7) is 0. The molecule has 0 radical (unpaired) electrons. The number of azo groups is 1. The Kier molecular flexibility index (Phi) is 2.80. The minimum atomic E-state index is 0.911. The molecule has 3 heteroatoms. The molecule has 1 aromatic rings. The third-order valence-electron chi connectivity index (χ3n) is 1.02. The smallest absolute Gasteiger partial charge is 0.0862 e. The maximum atomic E-state index is 3.89. The van der Waals surface area contributed by atoms with Crippen LogP contribution in [0.5, 0.6) is 0 Å². The van der Waals surface area contributed by atoms with Gasteiger partial charge < -0.3 is 0 Å². The maximum absolute atomic E-state index is 3.89. The van der Waals surface area contributed by atoms with E-state index in [4.69, 9.17) is 0 Å². The number of rotatable bonds is 1. The molecule has 0 atom stereocenters. The van der Waals surface area contributed by atoms with Crippen molar-refractivity contribution in [2.45, 2.75) is 0 Å². The summed E-state index contributed by atoms with van der Waals surface area (Å²) < 4.78 is 1.18. The number of hydrogen-bond acceptors (Lipinski definition) is 2. The van der Waals surface area contributed by atoms with Gasteiger partial charge in [-0.1, -0.05) is 6.07 Å². The summed E-state index contributed by atoms with van der Waals surface area (Å²) in [6, 6.07) is 7.89. The van der Waals surface area contributed by atoms with Gasteiger partial charge in [0.05, 0.1) is 5.69 Å². The van der Waals surface area contributed by atoms with Gasteiger partial charge in [0.25, 0.3) is 0 Å². The fourth-order valence-corrected chi connectivity index (χ4v) is 1.18. The first-order valence-corrected chi connectivity index (χ1v) is 3.96. The summed E-state index contributed by atoms with van der Waals surface area (Å²) in [6.07, 6.45) is 0. The Balaban J connectivity index is 2.95. The van der Waals surface area contributed by atoms with E-state index in [1.807, 2.05) is 24.3 Å². The lowest BCUT2D eigenvalue weighted by atomic mass is 10.3. The van der Waals surface area contributed by atoms with Crippen LogP contribution in [0.15, 0.2) is 34.5 Å². The van der Waals surface area contributed by atoms with Crippen LogP contribution in [0, 0.1) is 3.57 Å². The molecule has 0 bridgehead atoms. The molecule has 0 saturated carbocycles. The minimum Gasteiger partial charge on any atom is -0.192 e. The molecule has 0 heterocycles. The SMILES string of the molecule is CN=Nc1cccc(I)c1. The van der Waals surface area contributed by atoms with Crippen molar-refractivity contribution in [2.24, 2.45) is 10.2 Å². The van der Waals surface area contributed by atoms with Crippen LogP contribution in [0.2, 0.25) is 0 Å². The molecule has 10 heavy (non-hydrogen) atoms. The summed E-state index contributed by atoms with van der Waals surface area (Å²) in [5.41, 5.74) is 0.911. The van der Waals surface area contributed by atoms with Crippen LogP contribution in [0.3, 0.4) is 0 Å². The van der Waals surface area contributed by atoms with Crippen molar-refractivity contribution in [3.8, 4) is 0 Å². The fourth-order valence-electron chi connectivity index (χ4n) is 0.654. The van der Waals surface area contributed by atoms with Crippen LogP contribution in [-0.4, -0.2) is 7.05 Å². The number of benzene rings is 1. The first kappa shape index (κ1) is 7.65. The van der Waals surface area contributed by atoms with Crippen LogP contribution >= 0.6 is 22.6 Å². The molecule has 0 spiro atoms. The van der Waals surface area contributed by atoms with E-state index in [0.717, 1.165) is 5.69 Å². The molecule has 0 N–H and O–H groups in total. The summed E-state index contributed by atoms with van der Waals surface area (Å²) in [5, 5.41) is 7.56. The quantitative estimate of drug-likeness (QED) is 0.537. The van der Waals surface area contributed by atoms with Crippen LogP contribution < -0.4 is 0 Å². The largest absolute Gasteiger partial charge is 0.192 e. The molecule has 0 unspecified atom stereocenters. The lowest BCUT2D eigenvalue weighted by Gasteiger charge is -1.90. The molecule has 0 aliphatic rings. The second-order valence-electron chi connectivity index (χ2n) is 1.78. The van der Waals surface area contributed by atoms with Crippen LogP contribution in [0.1, 0.15) is 0 Å². The predicted molar refractivity (Wildman–Crippen MR) is 49.6 cm³/mol. The molecular formula is C7H7IN2. The molecule has 0 aliphatic heterocycles. The van der Waals surface area contributed by atoms with E-state index in [2.05, 4.69) is 32.8 Å². The number of hydrogen-bond donors (Lipinski definition) is 0. The standard InChI is InChI=1S/C7H7IN2/c1-9-10-7-4-2-3-6(8)5-7/h2-5H,1H3. The van der Waals surface area contributed by atoms with E-state index < -0.39 is 0 Å². The molecular weight excluding hydrogens is 239 g/mol. The topological polar surface area (TPSA) is 24.7 Å². The Morgan fingerprint density at radius 1 is 1.40 bits per heavy atom. The molecule has 0 aromatic heterocycles. The van der Waals surface area contributed by atoms with Gasteiger partial charge in [0.1, 0.15) is 0 Å². The third kappa shape index (κ3) is 2.06. The minimum absolute atomic E-state index is 0.911. The van der Waals surface area contributed by atoms with Crippen LogP contribution in [0.4, 0.5) is 5.69 Å². The Morgan fingerprint density at radius 3 is 2.80 bits per heavy atom. The zero-order valence-corrected chi connectivity index (χ0v) is 7.74. The van der Waals surface area contributed by atoms with Gasteiger partial charge in [0.2, 0.25) is 0 Å². The first-order valence-electron chi connectivity index (χ1n) is 2.88. The summed E-state index contributed by atoms with van der Waals surface area (Å²) in [7, 11) is 1.67. The lowest BCUT2D eigenvalue weighted by molar-refractivity contribution is 1.17. The highest BCUT2D eigenvalue weighted by Crippen LogP contribution is 2.15. The molecule has 2 nitrogen and oxygen atoms in total. The Hall–Kier alpha value is -0.450. The van der Waals surface area contributed by atoms with Crippen LogP contribution in [0.25, 0.3) is 0 Å². The molecule has 0 aliphatic carbocycles. The van der Waals surface area contributed by atoms with E-state index in [1.165, 1.54) is 3.57 Å². The third-order valence-corrected chi connectivity index (χ3v) is 1.69. The second kappa shape index (κ2) is 3.65.